The molecule has 19 heavy (non-hydrogen) atoms. The van der Waals surface area contributed by atoms with Crippen LogP contribution in [0.3, 0.4) is 0 Å². The fourth-order valence-electron chi connectivity index (χ4n) is 2.33. The molecule has 1 amide bonds. The van der Waals surface area contributed by atoms with E-state index in [0.29, 0.717) is 6.54 Å². The lowest BCUT2D eigenvalue weighted by Gasteiger charge is -2.04. The highest BCUT2D eigenvalue weighted by molar-refractivity contribution is 7.97. The summed E-state index contributed by atoms with van der Waals surface area (Å²) in [6.45, 7) is 2.59. The Morgan fingerprint density at radius 2 is 2.47 bits per heavy atom. The number of fused-ring (bicyclic) bond motifs is 1. The topological polar surface area (TPSA) is 46.9 Å². The second-order valence-corrected chi connectivity index (χ2v) is 5.35. The molecule has 0 unspecified atom stereocenters. The molecule has 0 aliphatic carbocycles. The van der Waals surface area contributed by atoms with E-state index >= 15 is 0 Å². The number of nitrogens with zero attached hydrogens (tertiary/aromatic N) is 2. The molecule has 0 spiro atoms. The number of nitrogens with one attached hydrogen (secondary N) is 1. The number of amides is 1. The van der Waals surface area contributed by atoms with Crippen LogP contribution >= 0.6 is 11.8 Å². The Morgan fingerprint density at radius 3 is 3.21 bits per heavy atom. The van der Waals surface area contributed by atoms with Crippen LogP contribution in [0.4, 0.5) is 0 Å². The van der Waals surface area contributed by atoms with Gasteiger partial charge in [0.2, 0.25) is 0 Å². The average molecular weight is 273 g/mol. The van der Waals surface area contributed by atoms with Crippen LogP contribution in [-0.4, -0.2) is 22.0 Å². The third kappa shape index (κ3) is 2.14. The van der Waals surface area contributed by atoms with Crippen molar-refractivity contribution in [3.63, 3.8) is 0 Å². The van der Waals surface area contributed by atoms with E-state index < -0.39 is 0 Å². The first-order chi connectivity index (χ1) is 9.31. The summed E-state index contributed by atoms with van der Waals surface area (Å²) < 4.78 is 2.21. The van der Waals surface area contributed by atoms with E-state index in [4.69, 9.17) is 0 Å². The van der Waals surface area contributed by atoms with Crippen molar-refractivity contribution < 1.29 is 4.79 Å². The summed E-state index contributed by atoms with van der Waals surface area (Å²) in [6, 6.07) is 5.93. The molecule has 0 saturated heterocycles. The number of aromatic nitrogens is 2. The molecule has 0 atom stereocenters. The average Bonchev–Trinajstić information content (AvgIpc) is 3.01. The van der Waals surface area contributed by atoms with E-state index in [-0.39, 0.29) is 5.91 Å². The molecule has 4 nitrogen and oxygen atoms in total. The van der Waals surface area contributed by atoms with Gasteiger partial charge in [0.15, 0.2) is 0 Å². The van der Waals surface area contributed by atoms with Gasteiger partial charge in [0.1, 0.15) is 0 Å². The van der Waals surface area contributed by atoms with Gasteiger partial charge in [-0.3, -0.25) is 9.78 Å². The zero-order valence-corrected chi connectivity index (χ0v) is 11.5. The van der Waals surface area contributed by atoms with Crippen LogP contribution in [0.25, 0.3) is 11.3 Å². The van der Waals surface area contributed by atoms with Gasteiger partial charge in [-0.05, 0) is 25.1 Å². The predicted octanol–water partition coefficient (Wildman–Crippen LogP) is 2.50. The first-order valence-corrected chi connectivity index (χ1v) is 7.45. The molecule has 2 aromatic rings. The lowest BCUT2D eigenvalue weighted by molar-refractivity contribution is 0.0955. The van der Waals surface area contributed by atoms with Crippen LogP contribution in [0, 0.1) is 0 Å². The molecule has 98 valence electrons. The van der Waals surface area contributed by atoms with E-state index in [1.807, 2.05) is 43.1 Å². The lowest BCUT2D eigenvalue weighted by Crippen LogP contribution is -2.23. The molecule has 0 saturated carbocycles. The van der Waals surface area contributed by atoms with Crippen molar-refractivity contribution in [1.82, 2.24) is 14.9 Å². The van der Waals surface area contributed by atoms with Gasteiger partial charge < -0.3 is 9.88 Å². The molecule has 0 fully saturated rings. The highest BCUT2D eigenvalue weighted by atomic mass is 32.2. The van der Waals surface area contributed by atoms with Crippen LogP contribution in [0.15, 0.2) is 30.6 Å². The number of pyridine rings is 1. The zero-order chi connectivity index (χ0) is 13.2. The number of thioether (sulfide) groups is 1. The Bertz CT molecular complexity index is 607. The van der Waals surface area contributed by atoms with Crippen LogP contribution in [0.5, 0.6) is 0 Å². The van der Waals surface area contributed by atoms with E-state index in [0.717, 1.165) is 34.1 Å². The first kappa shape index (κ1) is 12.3. The molecule has 1 aliphatic rings. The van der Waals surface area contributed by atoms with Crippen molar-refractivity contribution >= 4 is 17.7 Å². The summed E-state index contributed by atoms with van der Waals surface area (Å²) in [6.07, 6.45) is 3.60. The van der Waals surface area contributed by atoms with E-state index in [1.54, 1.807) is 6.20 Å². The highest BCUT2D eigenvalue weighted by Gasteiger charge is 2.24. The van der Waals surface area contributed by atoms with Crippen LogP contribution in [-0.2, 0) is 11.6 Å². The molecular weight excluding hydrogens is 258 g/mol. The Kier molecular flexibility index (Phi) is 3.29. The number of carbonyl (C=O) groups is 1. The minimum atomic E-state index is 0.0175. The fourth-order valence-corrected chi connectivity index (χ4v) is 3.40. The molecule has 1 N–H and O–H groups in total. The Labute approximate surface area is 116 Å². The van der Waals surface area contributed by atoms with E-state index in [2.05, 4.69) is 14.9 Å². The quantitative estimate of drug-likeness (QED) is 0.934. The molecule has 0 radical (unpaired) electrons. The molecule has 0 aromatic carbocycles. The summed E-state index contributed by atoms with van der Waals surface area (Å²) >= 11 is 1.83. The number of hydrogen-bond donors (Lipinski definition) is 1. The molecule has 2 aromatic heterocycles. The lowest BCUT2D eigenvalue weighted by atomic mass is 10.2. The smallest absolute Gasteiger partial charge is 0.253 e. The number of carbonyl (C=O) groups excluding carboxylic acids is 1. The van der Waals surface area contributed by atoms with Gasteiger partial charge in [-0.1, -0.05) is 0 Å². The molecular formula is C14H15N3OS. The molecule has 3 heterocycles. The van der Waals surface area contributed by atoms with Gasteiger partial charge >= 0.3 is 0 Å². The summed E-state index contributed by atoms with van der Waals surface area (Å²) in [4.78, 5) is 16.3. The number of hydrogen-bond acceptors (Lipinski definition) is 3. The van der Waals surface area contributed by atoms with Gasteiger partial charge in [0, 0.05) is 35.9 Å². The highest BCUT2D eigenvalue weighted by Crippen LogP contribution is 2.34. The molecule has 5 heteroatoms. The van der Waals surface area contributed by atoms with Crippen molar-refractivity contribution in [2.24, 2.45) is 0 Å². The van der Waals surface area contributed by atoms with Crippen LogP contribution in [0.1, 0.15) is 23.0 Å². The summed E-state index contributed by atoms with van der Waals surface area (Å²) in [5.74, 6) is 1.81. The van der Waals surface area contributed by atoms with Crippen molar-refractivity contribution in [3.8, 4) is 11.3 Å². The maximum Gasteiger partial charge on any atom is 0.253 e. The standard InChI is InChI=1S/C14H15N3OS/c1-2-16-14(18)11-6-12(10-4-3-5-15-7-10)17-9-19-8-13(11)17/h3-7H,2,8-9H2,1H3,(H,16,18). The second-order valence-electron chi connectivity index (χ2n) is 4.40. The Hall–Kier alpha value is -1.75. The zero-order valence-electron chi connectivity index (χ0n) is 10.7. The molecule has 3 rings (SSSR count). The Morgan fingerprint density at radius 1 is 1.58 bits per heavy atom. The summed E-state index contributed by atoms with van der Waals surface area (Å²) in [5, 5.41) is 2.88. The SMILES string of the molecule is CCNC(=O)c1cc(-c2cccnc2)n2c1CSC2. The maximum absolute atomic E-state index is 12.1. The minimum absolute atomic E-state index is 0.0175. The Balaban J connectivity index is 2.08. The van der Waals surface area contributed by atoms with Gasteiger partial charge in [0.05, 0.1) is 17.1 Å². The molecule has 0 bridgehead atoms. The predicted molar refractivity (Wildman–Crippen MR) is 77.0 cm³/mol. The van der Waals surface area contributed by atoms with E-state index in [9.17, 15) is 4.79 Å². The van der Waals surface area contributed by atoms with Crippen molar-refractivity contribution in [3.05, 3.63) is 41.9 Å². The van der Waals surface area contributed by atoms with Crippen molar-refractivity contribution in [1.29, 1.82) is 0 Å². The van der Waals surface area contributed by atoms with Crippen molar-refractivity contribution in [2.45, 2.75) is 18.6 Å². The summed E-state index contributed by atoms with van der Waals surface area (Å²) in [7, 11) is 0. The third-order valence-electron chi connectivity index (χ3n) is 3.21. The maximum atomic E-state index is 12.1. The van der Waals surface area contributed by atoms with Gasteiger partial charge in [-0.2, -0.15) is 0 Å². The number of rotatable bonds is 3. The largest absolute Gasteiger partial charge is 0.352 e. The van der Waals surface area contributed by atoms with Crippen LogP contribution < -0.4 is 5.32 Å². The van der Waals surface area contributed by atoms with Crippen LogP contribution in [0.2, 0.25) is 0 Å². The van der Waals surface area contributed by atoms with Crippen molar-refractivity contribution in [2.75, 3.05) is 6.54 Å². The fraction of sp³-hybridized carbons (Fsp3) is 0.286. The van der Waals surface area contributed by atoms with Gasteiger partial charge in [0.25, 0.3) is 5.91 Å². The second kappa shape index (κ2) is 5.09. The van der Waals surface area contributed by atoms with Gasteiger partial charge in [-0.25, -0.2) is 0 Å². The molecule has 1 aliphatic heterocycles. The normalized spacial score (nSPS) is 13.3. The third-order valence-corrected chi connectivity index (χ3v) is 4.13. The monoisotopic (exact) mass is 273 g/mol. The minimum Gasteiger partial charge on any atom is -0.352 e. The van der Waals surface area contributed by atoms with Gasteiger partial charge in [-0.15, -0.1) is 11.8 Å². The first-order valence-electron chi connectivity index (χ1n) is 6.30. The summed E-state index contributed by atoms with van der Waals surface area (Å²) in [5.41, 5.74) is 4.05. The van der Waals surface area contributed by atoms with E-state index in [1.165, 1.54) is 0 Å².